The highest BCUT2D eigenvalue weighted by Crippen LogP contribution is 2.44. The number of nitrogens with one attached hydrogen (secondary N) is 1. The lowest BCUT2D eigenvalue weighted by atomic mass is 9.71. The van der Waals surface area contributed by atoms with Gasteiger partial charge < -0.3 is 5.32 Å². The topological polar surface area (TPSA) is 55.2 Å². The average molecular weight is 244 g/mol. The van der Waals surface area contributed by atoms with Crippen LogP contribution in [0.1, 0.15) is 18.4 Å². The number of fused-ring (bicyclic) bond motifs is 1. The molecule has 0 aliphatic heterocycles. The number of nitro benzene ring substituents is 1. The molecule has 3 atom stereocenters. The van der Waals surface area contributed by atoms with E-state index >= 15 is 0 Å². The third kappa shape index (κ3) is 1.78. The number of nitrogens with zero attached hydrogens (tertiary/aromatic N) is 1. The molecular weight excluding hydrogens is 228 g/mol. The van der Waals surface area contributed by atoms with Crippen molar-refractivity contribution in [1.82, 2.24) is 0 Å². The lowest BCUT2D eigenvalue weighted by Crippen LogP contribution is -2.43. The van der Waals surface area contributed by atoms with E-state index in [4.69, 9.17) is 0 Å². The zero-order valence-corrected chi connectivity index (χ0v) is 10.3. The maximum absolute atomic E-state index is 10.7. The first-order valence-electron chi connectivity index (χ1n) is 6.33. The number of nitro groups is 1. The molecule has 0 heterocycles. The standard InChI is InChI=1S/C14H16N2O2/c1-9-7-11(16(17)18)5-6-13(9)15-14-8-10-3-2-4-12(10)14/h2,4-7,10,12,14-15H,3,8H2,1H3. The zero-order valence-electron chi connectivity index (χ0n) is 10.3. The number of hydrogen-bond donors (Lipinski definition) is 1. The molecule has 0 amide bonds. The minimum Gasteiger partial charge on any atom is -0.381 e. The first-order chi connectivity index (χ1) is 8.65. The highest BCUT2D eigenvalue weighted by molar-refractivity contribution is 5.56. The van der Waals surface area contributed by atoms with Crippen LogP contribution in [-0.2, 0) is 0 Å². The summed E-state index contributed by atoms with van der Waals surface area (Å²) in [5.74, 6) is 1.47. The molecule has 4 nitrogen and oxygen atoms in total. The van der Waals surface area contributed by atoms with E-state index in [0.29, 0.717) is 12.0 Å². The van der Waals surface area contributed by atoms with Gasteiger partial charge in [0.2, 0.25) is 0 Å². The normalized spacial score (nSPS) is 28.6. The third-order valence-electron chi connectivity index (χ3n) is 4.12. The fourth-order valence-corrected chi connectivity index (χ4v) is 3.01. The Balaban J connectivity index is 1.73. The number of non-ortho nitro benzene ring substituents is 1. The minimum atomic E-state index is -0.351. The van der Waals surface area contributed by atoms with E-state index in [1.165, 1.54) is 12.8 Å². The molecule has 0 spiro atoms. The van der Waals surface area contributed by atoms with Gasteiger partial charge in [0.15, 0.2) is 0 Å². The smallest absolute Gasteiger partial charge is 0.269 e. The summed E-state index contributed by atoms with van der Waals surface area (Å²) in [5.41, 5.74) is 2.12. The van der Waals surface area contributed by atoms with Gasteiger partial charge in [-0.3, -0.25) is 10.1 Å². The van der Waals surface area contributed by atoms with Gasteiger partial charge in [0, 0.05) is 29.8 Å². The van der Waals surface area contributed by atoms with Crippen molar-refractivity contribution >= 4 is 11.4 Å². The van der Waals surface area contributed by atoms with E-state index in [0.717, 1.165) is 17.2 Å². The summed E-state index contributed by atoms with van der Waals surface area (Å²) < 4.78 is 0. The van der Waals surface area contributed by atoms with Crippen LogP contribution in [-0.4, -0.2) is 11.0 Å². The number of allylic oxidation sites excluding steroid dienone is 1. The Morgan fingerprint density at radius 2 is 2.28 bits per heavy atom. The zero-order chi connectivity index (χ0) is 12.7. The molecule has 3 rings (SSSR count). The number of aryl methyl sites for hydroxylation is 1. The molecule has 1 aromatic rings. The molecule has 1 saturated carbocycles. The first-order valence-corrected chi connectivity index (χ1v) is 6.33. The van der Waals surface area contributed by atoms with Crippen LogP contribution < -0.4 is 5.32 Å². The van der Waals surface area contributed by atoms with Crippen molar-refractivity contribution in [2.24, 2.45) is 11.8 Å². The number of benzene rings is 1. The molecule has 0 radical (unpaired) electrons. The Kier molecular flexibility index (Phi) is 2.58. The van der Waals surface area contributed by atoms with Gasteiger partial charge in [-0.1, -0.05) is 12.2 Å². The predicted molar refractivity (Wildman–Crippen MR) is 70.6 cm³/mol. The Morgan fingerprint density at radius 1 is 1.44 bits per heavy atom. The molecular formula is C14H16N2O2. The van der Waals surface area contributed by atoms with E-state index in [1.54, 1.807) is 12.1 Å². The van der Waals surface area contributed by atoms with Crippen molar-refractivity contribution in [1.29, 1.82) is 0 Å². The molecule has 1 N–H and O–H groups in total. The van der Waals surface area contributed by atoms with Gasteiger partial charge in [-0.2, -0.15) is 0 Å². The van der Waals surface area contributed by atoms with Crippen LogP contribution in [0.5, 0.6) is 0 Å². The van der Waals surface area contributed by atoms with Crippen LogP contribution in [0.3, 0.4) is 0 Å². The van der Waals surface area contributed by atoms with Gasteiger partial charge >= 0.3 is 0 Å². The van der Waals surface area contributed by atoms with E-state index in [2.05, 4.69) is 17.5 Å². The Morgan fingerprint density at radius 3 is 2.94 bits per heavy atom. The van der Waals surface area contributed by atoms with Crippen LogP contribution in [0, 0.1) is 28.9 Å². The molecule has 0 bridgehead atoms. The predicted octanol–water partition coefficient (Wildman–Crippen LogP) is 3.28. The number of anilines is 1. The molecule has 4 heteroatoms. The van der Waals surface area contributed by atoms with Crippen molar-refractivity contribution < 1.29 is 4.92 Å². The quantitative estimate of drug-likeness (QED) is 0.504. The van der Waals surface area contributed by atoms with E-state index in [1.807, 2.05) is 13.0 Å². The Bertz CT molecular complexity index is 525. The molecule has 0 aromatic heterocycles. The fourth-order valence-electron chi connectivity index (χ4n) is 3.01. The summed E-state index contributed by atoms with van der Waals surface area (Å²) in [5, 5.41) is 14.2. The second-order valence-corrected chi connectivity index (χ2v) is 5.24. The third-order valence-corrected chi connectivity index (χ3v) is 4.12. The molecule has 94 valence electrons. The summed E-state index contributed by atoms with van der Waals surface area (Å²) in [6, 6.07) is 5.51. The van der Waals surface area contributed by atoms with Crippen molar-refractivity contribution in [2.45, 2.75) is 25.8 Å². The van der Waals surface area contributed by atoms with Crippen LogP contribution in [0.4, 0.5) is 11.4 Å². The van der Waals surface area contributed by atoms with Crippen LogP contribution in [0.15, 0.2) is 30.4 Å². The summed E-state index contributed by atoms with van der Waals surface area (Å²) in [7, 11) is 0. The molecule has 1 aromatic carbocycles. The lowest BCUT2D eigenvalue weighted by Gasteiger charge is -2.41. The first kappa shape index (κ1) is 11.3. The van der Waals surface area contributed by atoms with Crippen LogP contribution >= 0.6 is 0 Å². The van der Waals surface area contributed by atoms with Crippen molar-refractivity contribution in [3.8, 4) is 0 Å². The van der Waals surface area contributed by atoms with E-state index in [-0.39, 0.29) is 10.6 Å². The highest BCUT2D eigenvalue weighted by Gasteiger charge is 2.40. The van der Waals surface area contributed by atoms with Crippen LogP contribution in [0.25, 0.3) is 0 Å². The fraction of sp³-hybridized carbons (Fsp3) is 0.429. The average Bonchev–Trinajstić information content (AvgIpc) is 2.69. The summed E-state index contributed by atoms with van der Waals surface area (Å²) in [4.78, 5) is 10.3. The summed E-state index contributed by atoms with van der Waals surface area (Å²) in [6.45, 7) is 1.91. The largest absolute Gasteiger partial charge is 0.381 e. The highest BCUT2D eigenvalue weighted by atomic mass is 16.6. The maximum Gasteiger partial charge on any atom is 0.269 e. The van der Waals surface area contributed by atoms with Crippen molar-refractivity contribution in [3.63, 3.8) is 0 Å². The Hall–Kier alpha value is -1.84. The monoisotopic (exact) mass is 244 g/mol. The molecule has 0 saturated heterocycles. The molecule has 18 heavy (non-hydrogen) atoms. The number of hydrogen-bond acceptors (Lipinski definition) is 3. The van der Waals surface area contributed by atoms with E-state index < -0.39 is 0 Å². The lowest BCUT2D eigenvalue weighted by molar-refractivity contribution is -0.384. The summed E-state index contributed by atoms with van der Waals surface area (Å²) in [6.07, 6.45) is 6.97. The molecule has 3 unspecified atom stereocenters. The summed E-state index contributed by atoms with van der Waals surface area (Å²) >= 11 is 0. The van der Waals surface area contributed by atoms with Gasteiger partial charge in [0.1, 0.15) is 0 Å². The molecule has 1 fully saturated rings. The minimum absolute atomic E-state index is 0.158. The molecule has 2 aliphatic rings. The van der Waals surface area contributed by atoms with Crippen molar-refractivity contribution in [3.05, 3.63) is 46.0 Å². The van der Waals surface area contributed by atoms with Crippen molar-refractivity contribution in [2.75, 3.05) is 5.32 Å². The SMILES string of the molecule is Cc1cc([N+](=O)[O-])ccc1NC1CC2CC=CC21. The molecule has 2 aliphatic carbocycles. The maximum atomic E-state index is 10.7. The number of rotatable bonds is 3. The second-order valence-electron chi connectivity index (χ2n) is 5.24. The second kappa shape index (κ2) is 4.12. The van der Waals surface area contributed by atoms with E-state index in [9.17, 15) is 10.1 Å². The van der Waals surface area contributed by atoms with Crippen LogP contribution in [0.2, 0.25) is 0 Å². The van der Waals surface area contributed by atoms with Gasteiger partial charge in [0.05, 0.1) is 4.92 Å². The Labute approximate surface area is 106 Å². The van der Waals surface area contributed by atoms with Gasteiger partial charge in [-0.05, 0) is 37.3 Å². The van der Waals surface area contributed by atoms with Gasteiger partial charge in [0.25, 0.3) is 5.69 Å². The van der Waals surface area contributed by atoms with Gasteiger partial charge in [-0.25, -0.2) is 0 Å². The van der Waals surface area contributed by atoms with Gasteiger partial charge in [-0.15, -0.1) is 0 Å².